The summed E-state index contributed by atoms with van der Waals surface area (Å²) in [5.41, 5.74) is 0. The van der Waals surface area contributed by atoms with E-state index in [2.05, 4.69) is 14.1 Å². The predicted molar refractivity (Wildman–Crippen MR) is 62.9 cm³/mol. The van der Waals surface area contributed by atoms with E-state index in [0.717, 1.165) is 11.5 Å². The number of nitrogens with zero attached hydrogens (tertiary/aromatic N) is 2. The molecule has 0 unspecified atom stereocenters. The van der Waals surface area contributed by atoms with Gasteiger partial charge in [0.2, 0.25) is 5.13 Å². The molecule has 8 heteroatoms. The molecular weight excluding hydrogens is 257 g/mol. The molecule has 0 bridgehead atoms. The maximum absolute atomic E-state index is 11.7. The Labute approximate surface area is 119 Å². The molecule has 1 radical (unpaired) electrons. The van der Waals surface area contributed by atoms with Crippen molar-refractivity contribution in [3.8, 4) is 0 Å². The largest absolute Gasteiger partial charge is 0.263 e. The van der Waals surface area contributed by atoms with E-state index >= 15 is 0 Å². The van der Waals surface area contributed by atoms with E-state index in [4.69, 9.17) is 0 Å². The summed E-state index contributed by atoms with van der Waals surface area (Å²) in [4.78, 5) is 3.95. The smallest absolute Gasteiger partial charge is 0.253 e. The first kappa shape index (κ1) is 13.6. The fourth-order valence-electron chi connectivity index (χ4n) is 0.992. The SMILES string of the molecule is O=S(=O)(Nc1ncns1)c1ccccc1.[Na]. The van der Waals surface area contributed by atoms with Gasteiger partial charge in [-0.25, -0.2) is 13.4 Å². The van der Waals surface area contributed by atoms with Crippen LogP contribution in [0.1, 0.15) is 0 Å². The predicted octanol–water partition coefficient (Wildman–Crippen LogP) is 0.958. The molecule has 1 aromatic carbocycles. The molecule has 0 aliphatic heterocycles. The van der Waals surface area contributed by atoms with Crippen LogP contribution in [0.25, 0.3) is 0 Å². The van der Waals surface area contributed by atoms with Gasteiger partial charge >= 0.3 is 0 Å². The summed E-state index contributed by atoms with van der Waals surface area (Å²) >= 11 is 0.993. The second-order valence-corrected chi connectivity index (χ2v) is 5.13. The third-order valence-electron chi connectivity index (χ3n) is 1.64. The molecular formula is C8H7N3NaO2S2. The van der Waals surface area contributed by atoms with Crippen molar-refractivity contribution in [2.75, 3.05) is 4.72 Å². The minimum Gasteiger partial charge on any atom is -0.253 e. The normalized spacial score (nSPS) is 10.5. The number of anilines is 1. The average molecular weight is 264 g/mol. The van der Waals surface area contributed by atoms with Crippen molar-refractivity contribution in [3.63, 3.8) is 0 Å². The van der Waals surface area contributed by atoms with Crippen LogP contribution in [0.2, 0.25) is 0 Å². The third-order valence-corrected chi connectivity index (χ3v) is 3.70. The molecule has 1 heterocycles. The first-order chi connectivity index (χ1) is 7.18. The minimum absolute atomic E-state index is 0. The van der Waals surface area contributed by atoms with Crippen LogP contribution in [0.15, 0.2) is 41.6 Å². The van der Waals surface area contributed by atoms with Gasteiger partial charge in [0.25, 0.3) is 10.0 Å². The zero-order valence-corrected chi connectivity index (χ0v) is 12.1. The van der Waals surface area contributed by atoms with Crippen molar-refractivity contribution in [2.45, 2.75) is 4.90 Å². The van der Waals surface area contributed by atoms with Gasteiger partial charge in [-0.15, -0.1) is 0 Å². The molecule has 0 saturated carbocycles. The number of sulfonamides is 1. The first-order valence-corrected chi connectivity index (χ1v) is 6.29. The second-order valence-electron chi connectivity index (χ2n) is 2.66. The molecule has 5 nitrogen and oxygen atoms in total. The zero-order chi connectivity index (χ0) is 10.7. The Hall–Kier alpha value is -0.470. The zero-order valence-electron chi connectivity index (χ0n) is 8.49. The van der Waals surface area contributed by atoms with E-state index in [0.29, 0.717) is 0 Å². The van der Waals surface area contributed by atoms with Gasteiger partial charge in [-0.2, -0.15) is 4.37 Å². The first-order valence-electron chi connectivity index (χ1n) is 4.03. The summed E-state index contributed by atoms with van der Waals surface area (Å²) in [7, 11) is -3.53. The summed E-state index contributed by atoms with van der Waals surface area (Å²) in [5, 5.41) is 0.263. The Morgan fingerprint density at radius 2 is 1.88 bits per heavy atom. The number of hydrogen-bond acceptors (Lipinski definition) is 5. The Morgan fingerprint density at radius 3 is 2.44 bits per heavy atom. The van der Waals surface area contributed by atoms with Crippen LogP contribution in [0.5, 0.6) is 0 Å². The van der Waals surface area contributed by atoms with Crippen LogP contribution >= 0.6 is 11.5 Å². The topological polar surface area (TPSA) is 72.0 Å². The van der Waals surface area contributed by atoms with Gasteiger partial charge in [0, 0.05) is 41.1 Å². The average Bonchev–Trinajstić information content (AvgIpc) is 2.71. The number of rotatable bonds is 3. The third kappa shape index (κ3) is 3.26. The molecule has 2 rings (SSSR count). The summed E-state index contributed by atoms with van der Waals surface area (Å²) in [6, 6.07) is 8.11. The van der Waals surface area contributed by atoms with Gasteiger partial charge in [0.1, 0.15) is 6.33 Å². The van der Waals surface area contributed by atoms with Crippen molar-refractivity contribution in [1.29, 1.82) is 0 Å². The maximum atomic E-state index is 11.7. The molecule has 0 aliphatic rings. The van der Waals surface area contributed by atoms with E-state index in [1.807, 2.05) is 0 Å². The molecule has 0 fully saturated rings. The van der Waals surface area contributed by atoms with E-state index in [9.17, 15) is 8.42 Å². The second kappa shape index (κ2) is 5.74. The van der Waals surface area contributed by atoms with Crippen molar-refractivity contribution in [1.82, 2.24) is 9.36 Å². The van der Waals surface area contributed by atoms with Crippen LogP contribution in [-0.2, 0) is 10.0 Å². The van der Waals surface area contributed by atoms with Crippen molar-refractivity contribution >= 4 is 56.2 Å². The van der Waals surface area contributed by atoms with Crippen molar-refractivity contribution in [3.05, 3.63) is 36.7 Å². The fourth-order valence-corrected chi connectivity index (χ4v) is 2.67. The van der Waals surface area contributed by atoms with E-state index < -0.39 is 10.0 Å². The minimum atomic E-state index is -3.53. The van der Waals surface area contributed by atoms with Crippen molar-refractivity contribution < 1.29 is 8.42 Å². The summed E-state index contributed by atoms with van der Waals surface area (Å²) in [6.45, 7) is 0. The van der Waals surface area contributed by atoms with Gasteiger partial charge in [-0.3, -0.25) is 4.72 Å². The van der Waals surface area contributed by atoms with Gasteiger partial charge in [-0.1, -0.05) is 18.2 Å². The van der Waals surface area contributed by atoms with Gasteiger partial charge < -0.3 is 0 Å². The van der Waals surface area contributed by atoms with Crippen LogP contribution in [0, 0.1) is 0 Å². The molecule has 2 aromatic rings. The van der Waals surface area contributed by atoms with E-state index in [1.54, 1.807) is 18.2 Å². The quantitative estimate of drug-likeness (QED) is 0.838. The molecule has 0 aliphatic carbocycles. The number of hydrogen-bond donors (Lipinski definition) is 1. The number of aromatic nitrogens is 2. The summed E-state index contributed by atoms with van der Waals surface area (Å²) in [5.74, 6) is 0. The van der Waals surface area contributed by atoms with Gasteiger partial charge in [-0.05, 0) is 12.1 Å². The number of benzene rings is 1. The number of nitrogens with one attached hydrogen (secondary N) is 1. The molecule has 1 N–H and O–H groups in total. The van der Waals surface area contributed by atoms with Crippen LogP contribution in [0.3, 0.4) is 0 Å². The molecule has 0 amide bonds. The standard InChI is InChI=1S/C8H7N3O2S2.Na/c12-15(13,7-4-2-1-3-5-7)11-8-9-6-10-14-8;/h1-6H,(H,9,10,11);. The van der Waals surface area contributed by atoms with Crippen LogP contribution in [-0.4, -0.2) is 47.3 Å². The summed E-state index contributed by atoms with van der Waals surface area (Å²) < 4.78 is 29.5. The fraction of sp³-hybridized carbons (Fsp3) is 0. The Bertz CT molecular complexity index is 528. The summed E-state index contributed by atoms with van der Waals surface area (Å²) in [6.07, 6.45) is 1.30. The maximum Gasteiger partial charge on any atom is 0.263 e. The molecule has 0 atom stereocenters. The van der Waals surface area contributed by atoms with Crippen molar-refractivity contribution in [2.24, 2.45) is 0 Å². The Morgan fingerprint density at radius 1 is 1.19 bits per heavy atom. The Kier molecular flexibility index (Phi) is 4.88. The van der Waals surface area contributed by atoms with Crippen LogP contribution < -0.4 is 4.72 Å². The van der Waals surface area contributed by atoms with Gasteiger partial charge in [0.15, 0.2) is 0 Å². The molecule has 0 spiro atoms. The molecule has 0 saturated heterocycles. The Balaban J connectivity index is 0.00000128. The molecule has 79 valence electrons. The van der Waals surface area contributed by atoms with Crippen LogP contribution in [0.4, 0.5) is 5.13 Å². The molecule has 16 heavy (non-hydrogen) atoms. The van der Waals surface area contributed by atoms with E-state index in [-0.39, 0.29) is 39.6 Å². The van der Waals surface area contributed by atoms with Gasteiger partial charge in [0.05, 0.1) is 4.90 Å². The van der Waals surface area contributed by atoms with E-state index in [1.165, 1.54) is 18.5 Å². The molecule has 1 aromatic heterocycles. The monoisotopic (exact) mass is 264 g/mol.